The number of nitrogens with one attached hydrogen (secondary N) is 1. The Morgan fingerprint density at radius 3 is 2.83 bits per heavy atom. The lowest BCUT2D eigenvalue weighted by molar-refractivity contribution is -0.385. The molecule has 7 nitrogen and oxygen atoms in total. The zero-order valence-electron chi connectivity index (χ0n) is 12.8. The molecule has 2 heterocycles. The van der Waals surface area contributed by atoms with Gasteiger partial charge in [0.2, 0.25) is 0 Å². The first-order valence-electron chi connectivity index (χ1n) is 6.91. The molecule has 0 unspecified atom stereocenters. The first kappa shape index (κ1) is 16.7. The number of nitrogens with zero attached hydrogens (tertiary/aromatic N) is 4. The summed E-state index contributed by atoms with van der Waals surface area (Å²) in [5, 5.41) is 15.0. The van der Waals surface area contributed by atoms with Crippen LogP contribution in [0.4, 0.5) is 10.8 Å². The fraction of sp³-hybridized carbons (Fsp3) is 0.133. The largest absolute Gasteiger partial charge is 0.365 e. The van der Waals surface area contributed by atoms with E-state index in [-0.39, 0.29) is 10.6 Å². The van der Waals surface area contributed by atoms with Crippen LogP contribution in [0.25, 0.3) is 21.7 Å². The smallest absolute Gasteiger partial charge is 0.283 e. The predicted octanol–water partition coefficient (Wildman–Crippen LogP) is 4.13. The molecule has 0 spiro atoms. The number of hydrogen-bond donors (Lipinski definition) is 1. The highest BCUT2D eigenvalue weighted by Crippen LogP contribution is 2.38. The lowest BCUT2D eigenvalue weighted by atomic mass is 10.0. The molecule has 3 rings (SSSR count). The Labute approximate surface area is 155 Å². The van der Waals surface area contributed by atoms with Crippen LogP contribution in [0.15, 0.2) is 30.7 Å². The fourth-order valence-corrected chi connectivity index (χ4v) is 3.73. The Hall–Kier alpha value is -2.14. The van der Waals surface area contributed by atoms with Crippen molar-refractivity contribution in [2.24, 2.45) is 0 Å². The number of halogens is 1. The molecule has 24 heavy (non-hydrogen) atoms. The van der Waals surface area contributed by atoms with Crippen LogP contribution in [-0.4, -0.2) is 26.9 Å². The highest BCUT2D eigenvalue weighted by atomic mass is 127. The van der Waals surface area contributed by atoms with E-state index in [9.17, 15) is 10.1 Å². The molecule has 9 heteroatoms. The van der Waals surface area contributed by atoms with E-state index >= 15 is 0 Å². The molecule has 0 atom stereocenters. The molecule has 0 aliphatic rings. The topological polar surface area (TPSA) is 93.8 Å². The monoisotopic (exact) mass is 453 g/mol. The molecule has 1 aromatic carbocycles. The van der Waals surface area contributed by atoms with Gasteiger partial charge in [-0.3, -0.25) is 10.1 Å². The SMILES string of the molecule is CNc1nc(C)c(-c2ncncc2-c2ccc(I)c([N+](=O)[O-])c2)s1. The van der Waals surface area contributed by atoms with Crippen molar-refractivity contribution in [2.75, 3.05) is 12.4 Å². The molecular weight excluding hydrogens is 441 g/mol. The number of nitro benzene ring substituents is 1. The molecule has 1 N–H and O–H groups in total. The Balaban J connectivity index is 2.18. The molecule has 122 valence electrons. The van der Waals surface area contributed by atoms with E-state index in [0.717, 1.165) is 27.0 Å². The van der Waals surface area contributed by atoms with E-state index in [2.05, 4.69) is 20.3 Å². The summed E-state index contributed by atoms with van der Waals surface area (Å²) < 4.78 is 0.589. The number of anilines is 1. The Kier molecular flexibility index (Phi) is 4.71. The Morgan fingerprint density at radius 1 is 1.38 bits per heavy atom. The Bertz CT molecular complexity index is 928. The normalized spacial score (nSPS) is 10.6. The van der Waals surface area contributed by atoms with E-state index in [1.54, 1.807) is 18.3 Å². The summed E-state index contributed by atoms with van der Waals surface area (Å²) in [5.74, 6) is 0. The molecule has 0 fully saturated rings. The zero-order valence-corrected chi connectivity index (χ0v) is 15.8. The predicted molar refractivity (Wildman–Crippen MR) is 102 cm³/mol. The van der Waals surface area contributed by atoms with Crippen LogP contribution >= 0.6 is 33.9 Å². The summed E-state index contributed by atoms with van der Waals surface area (Å²) in [5.41, 5.74) is 3.09. The molecule has 0 bridgehead atoms. The summed E-state index contributed by atoms with van der Waals surface area (Å²) in [4.78, 5) is 24.7. The molecular formula is C15H12IN5O2S. The van der Waals surface area contributed by atoms with Crippen LogP contribution in [-0.2, 0) is 0 Å². The van der Waals surface area contributed by atoms with Gasteiger partial charge in [0.15, 0.2) is 5.13 Å². The molecule has 0 saturated heterocycles. The van der Waals surface area contributed by atoms with Gasteiger partial charge in [0.1, 0.15) is 6.33 Å². The summed E-state index contributed by atoms with van der Waals surface area (Å²) in [6.07, 6.45) is 3.14. The minimum absolute atomic E-state index is 0.0693. The minimum atomic E-state index is -0.383. The second-order valence-corrected chi connectivity index (χ2v) is 7.05. The zero-order chi connectivity index (χ0) is 17.3. The van der Waals surface area contributed by atoms with Crippen molar-refractivity contribution in [1.29, 1.82) is 0 Å². The molecule has 0 aliphatic heterocycles. The van der Waals surface area contributed by atoms with Gasteiger partial charge in [-0.2, -0.15) is 0 Å². The maximum Gasteiger partial charge on any atom is 0.283 e. The third-order valence-corrected chi connectivity index (χ3v) is 5.49. The van der Waals surface area contributed by atoms with Crippen molar-refractivity contribution >= 4 is 44.7 Å². The van der Waals surface area contributed by atoms with Crippen LogP contribution in [0.5, 0.6) is 0 Å². The van der Waals surface area contributed by atoms with Crippen molar-refractivity contribution in [3.05, 3.63) is 50.1 Å². The molecule has 0 saturated carbocycles. The average molecular weight is 453 g/mol. The maximum atomic E-state index is 11.2. The first-order chi connectivity index (χ1) is 11.5. The summed E-state index contributed by atoms with van der Waals surface area (Å²) in [6.45, 7) is 1.91. The van der Waals surface area contributed by atoms with Gasteiger partial charge in [-0.1, -0.05) is 17.4 Å². The lowest BCUT2D eigenvalue weighted by Gasteiger charge is -2.07. The number of rotatable bonds is 4. The number of aromatic nitrogens is 3. The number of hydrogen-bond acceptors (Lipinski definition) is 7. The first-order valence-corrected chi connectivity index (χ1v) is 8.80. The highest BCUT2D eigenvalue weighted by Gasteiger charge is 2.19. The van der Waals surface area contributed by atoms with Crippen molar-refractivity contribution in [2.45, 2.75) is 6.92 Å². The van der Waals surface area contributed by atoms with Crippen LogP contribution < -0.4 is 5.32 Å². The quantitative estimate of drug-likeness (QED) is 0.363. The van der Waals surface area contributed by atoms with Gasteiger partial charge in [0, 0.05) is 24.9 Å². The van der Waals surface area contributed by atoms with Gasteiger partial charge in [0.05, 0.1) is 24.8 Å². The van der Waals surface area contributed by atoms with Crippen molar-refractivity contribution < 1.29 is 4.92 Å². The molecule has 3 aromatic rings. The number of thiazole rings is 1. The standard InChI is InChI=1S/C15H12IN5O2S/c1-8-14(24-15(17-2)20-8)13-10(6-18-7-19-13)9-3-4-11(16)12(5-9)21(22)23/h3-7H,1-2H3,(H,17,20). The lowest BCUT2D eigenvalue weighted by Crippen LogP contribution is -1.94. The molecule has 0 amide bonds. The van der Waals surface area contributed by atoms with E-state index in [0.29, 0.717) is 9.13 Å². The van der Waals surface area contributed by atoms with Crippen LogP contribution in [0.2, 0.25) is 0 Å². The number of aryl methyl sites for hydroxylation is 1. The third kappa shape index (κ3) is 3.08. The van der Waals surface area contributed by atoms with Gasteiger partial charge in [-0.25, -0.2) is 15.0 Å². The summed E-state index contributed by atoms with van der Waals surface area (Å²) in [6, 6.07) is 5.12. The molecule has 2 aromatic heterocycles. The fourth-order valence-electron chi connectivity index (χ4n) is 2.26. The third-order valence-electron chi connectivity index (χ3n) is 3.39. The summed E-state index contributed by atoms with van der Waals surface area (Å²) in [7, 11) is 1.81. The van der Waals surface area contributed by atoms with Crippen molar-refractivity contribution in [3.8, 4) is 21.7 Å². The van der Waals surface area contributed by atoms with Gasteiger partial charge >= 0.3 is 0 Å². The minimum Gasteiger partial charge on any atom is -0.365 e. The second kappa shape index (κ2) is 6.77. The van der Waals surface area contributed by atoms with E-state index in [1.165, 1.54) is 17.7 Å². The van der Waals surface area contributed by atoms with Gasteiger partial charge in [-0.15, -0.1) is 0 Å². The maximum absolute atomic E-state index is 11.2. The number of benzene rings is 1. The molecule has 0 radical (unpaired) electrons. The van der Waals surface area contributed by atoms with Crippen molar-refractivity contribution in [1.82, 2.24) is 15.0 Å². The highest BCUT2D eigenvalue weighted by molar-refractivity contribution is 14.1. The average Bonchev–Trinajstić information content (AvgIpc) is 2.96. The van der Waals surface area contributed by atoms with Gasteiger partial charge < -0.3 is 5.32 Å². The summed E-state index contributed by atoms with van der Waals surface area (Å²) >= 11 is 3.44. The van der Waals surface area contributed by atoms with Crippen LogP contribution in [0, 0.1) is 20.6 Å². The van der Waals surface area contributed by atoms with Gasteiger partial charge in [0.25, 0.3) is 5.69 Å². The number of nitro groups is 1. The molecule has 0 aliphatic carbocycles. The van der Waals surface area contributed by atoms with E-state index in [1.807, 2.05) is 42.6 Å². The van der Waals surface area contributed by atoms with Crippen molar-refractivity contribution in [3.63, 3.8) is 0 Å². The van der Waals surface area contributed by atoms with Gasteiger partial charge in [-0.05, 0) is 41.1 Å². The Morgan fingerprint density at radius 2 is 2.17 bits per heavy atom. The van der Waals surface area contributed by atoms with Crippen LogP contribution in [0.1, 0.15) is 5.69 Å². The van der Waals surface area contributed by atoms with Crippen LogP contribution in [0.3, 0.4) is 0 Å². The van der Waals surface area contributed by atoms with E-state index < -0.39 is 0 Å². The van der Waals surface area contributed by atoms with E-state index in [4.69, 9.17) is 0 Å². The second-order valence-electron chi connectivity index (χ2n) is 4.89.